The van der Waals surface area contributed by atoms with Crippen molar-refractivity contribution in [1.82, 2.24) is 9.97 Å². The summed E-state index contributed by atoms with van der Waals surface area (Å²) in [6.07, 6.45) is 5.90. The molecule has 2 aliphatic rings. The largest absolute Gasteiger partial charge is 0.493 e. The predicted octanol–water partition coefficient (Wildman–Crippen LogP) is 2.62. The van der Waals surface area contributed by atoms with E-state index < -0.39 is 0 Å². The lowest BCUT2D eigenvalue weighted by Crippen LogP contribution is -2.35. The molecule has 0 amide bonds. The van der Waals surface area contributed by atoms with Gasteiger partial charge >= 0.3 is 0 Å². The molecule has 2 aromatic rings. The van der Waals surface area contributed by atoms with Crippen molar-refractivity contribution in [2.45, 2.75) is 44.2 Å². The highest BCUT2D eigenvalue weighted by molar-refractivity contribution is 5.41. The highest BCUT2D eigenvalue weighted by atomic mass is 16.5. The molecule has 0 radical (unpaired) electrons. The van der Waals surface area contributed by atoms with E-state index >= 15 is 0 Å². The molecular weight excluding hydrogens is 288 g/mol. The first-order valence-corrected chi connectivity index (χ1v) is 8.34. The van der Waals surface area contributed by atoms with Gasteiger partial charge in [-0.15, -0.1) is 0 Å². The van der Waals surface area contributed by atoms with Gasteiger partial charge in [-0.25, -0.2) is 9.97 Å². The predicted molar refractivity (Wildman–Crippen MR) is 89.6 cm³/mol. The number of anilines is 1. The zero-order valence-corrected chi connectivity index (χ0v) is 13.2. The van der Waals surface area contributed by atoms with Crippen LogP contribution in [0.5, 0.6) is 5.75 Å². The van der Waals surface area contributed by atoms with Crippen molar-refractivity contribution in [3.8, 4) is 5.75 Å². The van der Waals surface area contributed by atoms with Gasteiger partial charge in [0.2, 0.25) is 0 Å². The maximum atomic E-state index is 5.87. The van der Waals surface area contributed by atoms with Gasteiger partial charge in [0.15, 0.2) is 0 Å². The van der Waals surface area contributed by atoms with Crippen LogP contribution in [-0.4, -0.2) is 22.6 Å². The third-order valence-corrected chi connectivity index (χ3v) is 4.73. The summed E-state index contributed by atoms with van der Waals surface area (Å²) in [7, 11) is 0. The summed E-state index contributed by atoms with van der Waals surface area (Å²) in [6.45, 7) is 1.59. The Morgan fingerprint density at radius 1 is 1.22 bits per heavy atom. The zero-order chi connectivity index (χ0) is 15.6. The number of nitrogens with two attached hydrogens (primary N) is 1. The summed E-state index contributed by atoms with van der Waals surface area (Å²) < 4.78 is 5.66. The third kappa shape index (κ3) is 3.15. The number of ether oxygens (including phenoxy) is 1. The van der Waals surface area contributed by atoms with Gasteiger partial charge in [-0.05, 0) is 42.9 Å². The number of aromatic nitrogens is 2. The van der Waals surface area contributed by atoms with E-state index in [1.165, 1.54) is 11.1 Å². The fourth-order valence-electron chi connectivity index (χ4n) is 3.31. The first-order valence-electron chi connectivity index (χ1n) is 8.34. The third-order valence-electron chi connectivity index (χ3n) is 4.73. The van der Waals surface area contributed by atoms with Gasteiger partial charge in [0, 0.05) is 30.3 Å². The fourth-order valence-corrected chi connectivity index (χ4v) is 3.31. The van der Waals surface area contributed by atoms with Gasteiger partial charge in [-0.3, -0.25) is 0 Å². The summed E-state index contributed by atoms with van der Waals surface area (Å²) in [5, 5.41) is 3.40. The minimum absolute atomic E-state index is 0.337. The number of rotatable bonds is 4. The normalized spacial score (nSPS) is 22.7. The number of benzene rings is 1. The molecule has 0 unspecified atom stereocenters. The molecule has 1 aliphatic carbocycles. The van der Waals surface area contributed by atoms with E-state index in [1.54, 1.807) is 6.33 Å². The number of hydrogen-bond acceptors (Lipinski definition) is 5. The Kier molecular flexibility index (Phi) is 3.87. The smallest absolute Gasteiger partial charge is 0.129 e. The maximum Gasteiger partial charge on any atom is 0.129 e. The van der Waals surface area contributed by atoms with Crippen LogP contribution in [0.15, 0.2) is 30.6 Å². The summed E-state index contributed by atoms with van der Waals surface area (Å²) in [4.78, 5) is 8.71. The number of nitrogens with one attached hydrogen (secondary N) is 1. The van der Waals surface area contributed by atoms with Gasteiger partial charge in [0.05, 0.1) is 6.61 Å². The Bertz CT molecular complexity index is 697. The quantitative estimate of drug-likeness (QED) is 0.908. The second kappa shape index (κ2) is 6.16. The van der Waals surface area contributed by atoms with Crippen LogP contribution >= 0.6 is 0 Å². The van der Waals surface area contributed by atoms with Crippen molar-refractivity contribution in [2.75, 3.05) is 11.9 Å². The molecule has 23 heavy (non-hydrogen) atoms. The Morgan fingerprint density at radius 2 is 2.13 bits per heavy atom. The van der Waals surface area contributed by atoms with E-state index in [2.05, 4.69) is 39.6 Å². The van der Waals surface area contributed by atoms with Gasteiger partial charge in [-0.1, -0.05) is 12.1 Å². The molecule has 120 valence electrons. The lowest BCUT2D eigenvalue weighted by Gasteiger charge is -2.31. The molecule has 0 atom stereocenters. The maximum absolute atomic E-state index is 5.87. The lowest BCUT2D eigenvalue weighted by atomic mass is 9.79. The van der Waals surface area contributed by atoms with E-state index in [0.29, 0.717) is 12.0 Å². The van der Waals surface area contributed by atoms with Crippen LogP contribution in [0.3, 0.4) is 0 Å². The molecule has 1 aromatic carbocycles. The number of fused-ring (bicyclic) bond motifs is 1. The minimum atomic E-state index is 0.337. The van der Waals surface area contributed by atoms with Crippen LogP contribution in [-0.2, 0) is 13.0 Å². The van der Waals surface area contributed by atoms with E-state index in [-0.39, 0.29) is 0 Å². The van der Waals surface area contributed by atoms with Crippen LogP contribution < -0.4 is 15.8 Å². The topological polar surface area (TPSA) is 73.1 Å². The molecule has 2 heterocycles. The molecule has 0 saturated heterocycles. The lowest BCUT2D eigenvalue weighted by molar-refractivity contribution is 0.288. The van der Waals surface area contributed by atoms with Crippen LogP contribution in [0.25, 0.3) is 0 Å². The molecule has 5 nitrogen and oxygen atoms in total. The molecule has 5 heteroatoms. The molecule has 1 aliphatic heterocycles. The molecule has 0 spiro atoms. The Morgan fingerprint density at radius 3 is 3.00 bits per heavy atom. The zero-order valence-electron chi connectivity index (χ0n) is 13.2. The first-order chi connectivity index (χ1) is 11.3. The monoisotopic (exact) mass is 310 g/mol. The van der Waals surface area contributed by atoms with Crippen molar-refractivity contribution >= 4 is 5.82 Å². The molecule has 1 saturated carbocycles. The van der Waals surface area contributed by atoms with Crippen molar-refractivity contribution in [3.63, 3.8) is 0 Å². The molecular formula is C18H22N4O. The van der Waals surface area contributed by atoms with Crippen molar-refractivity contribution in [1.29, 1.82) is 0 Å². The van der Waals surface area contributed by atoms with E-state index in [9.17, 15) is 0 Å². The average Bonchev–Trinajstić information content (AvgIpc) is 2.57. The van der Waals surface area contributed by atoms with E-state index in [0.717, 1.165) is 56.1 Å². The highest BCUT2D eigenvalue weighted by Gasteiger charge is 2.28. The first kappa shape index (κ1) is 14.5. The van der Waals surface area contributed by atoms with Crippen LogP contribution in [0.2, 0.25) is 0 Å². The average molecular weight is 310 g/mol. The standard InChI is InChI=1S/C18H22N4O/c19-15-7-14(8-15)16-9-18(22-11-21-16)20-10-12-3-4-17-13(6-12)2-1-5-23-17/h3-4,6,9,11,14-15H,1-2,5,7-8,10,19H2,(H,20,21,22). The minimum Gasteiger partial charge on any atom is -0.493 e. The van der Waals surface area contributed by atoms with E-state index in [1.807, 2.05) is 0 Å². The SMILES string of the molecule is NC1CC(c2cc(NCc3ccc4c(c3)CCCO4)ncn2)C1. The molecule has 1 aromatic heterocycles. The Balaban J connectivity index is 1.42. The Labute approximate surface area is 136 Å². The van der Waals surface area contributed by atoms with Crippen molar-refractivity contribution in [3.05, 3.63) is 47.4 Å². The van der Waals surface area contributed by atoms with Crippen molar-refractivity contribution < 1.29 is 4.74 Å². The summed E-state index contributed by atoms with van der Waals surface area (Å²) in [5.41, 5.74) is 9.52. The van der Waals surface area contributed by atoms with Crippen LogP contribution in [0.4, 0.5) is 5.82 Å². The highest BCUT2D eigenvalue weighted by Crippen LogP contribution is 2.34. The van der Waals surface area contributed by atoms with Crippen LogP contribution in [0, 0.1) is 0 Å². The molecule has 4 rings (SSSR count). The summed E-state index contributed by atoms with van der Waals surface area (Å²) in [5.74, 6) is 2.41. The molecule has 1 fully saturated rings. The fraction of sp³-hybridized carbons (Fsp3) is 0.444. The number of hydrogen-bond donors (Lipinski definition) is 2. The molecule has 3 N–H and O–H groups in total. The second-order valence-electron chi connectivity index (χ2n) is 6.50. The van der Waals surface area contributed by atoms with Gasteiger partial charge in [0.25, 0.3) is 0 Å². The second-order valence-corrected chi connectivity index (χ2v) is 6.50. The van der Waals surface area contributed by atoms with Gasteiger partial charge in [-0.2, -0.15) is 0 Å². The molecule has 0 bridgehead atoms. The van der Waals surface area contributed by atoms with Gasteiger partial charge < -0.3 is 15.8 Å². The van der Waals surface area contributed by atoms with E-state index in [4.69, 9.17) is 10.5 Å². The summed E-state index contributed by atoms with van der Waals surface area (Å²) >= 11 is 0. The Hall–Kier alpha value is -2.14. The van der Waals surface area contributed by atoms with Gasteiger partial charge in [0.1, 0.15) is 17.9 Å². The number of aryl methyl sites for hydroxylation is 1. The summed E-state index contributed by atoms with van der Waals surface area (Å²) in [6, 6.07) is 8.81. The van der Waals surface area contributed by atoms with Crippen LogP contribution in [0.1, 0.15) is 42.0 Å². The van der Waals surface area contributed by atoms with Crippen molar-refractivity contribution in [2.24, 2.45) is 5.73 Å². The number of nitrogens with zero attached hydrogens (tertiary/aromatic N) is 2.